The summed E-state index contributed by atoms with van der Waals surface area (Å²) in [5, 5.41) is 4.00. The summed E-state index contributed by atoms with van der Waals surface area (Å²) in [5.74, 6) is -0.0674. The van der Waals surface area contributed by atoms with Gasteiger partial charge in [0.25, 0.3) is 5.56 Å². The van der Waals surface area contributed by atoms with E-state index in [9.17, 15) is 9.59 Å². The Morgan fingerprint density at radius 2 is 2.05 bits per heavy atom. The number of ketones is 1. The molecule has 0 aromatic carbocycles. The first-order valence-electron chi connectivity index (χ1n) is 6.68. The van der Waals surface area contributed by atoms with E-state index in [-0.39, 0.29) is 17.9 Å². The van der Waals surface area contributed by atoms with Crippen LogP contribution in [-0.4, -0.2) is 24.5 Å². The van der Waals surface area contributed by atoms with Crippen molar-refractivity contribution < 1.29 is 4.79 Å². The fourth-order valence-electron chi connectivity index (χ4n) is 2.46. The average Bonchev–Trinajstić information content (AvgIpc) is 3.03. The standard InChI is InChI=1S/C15H16N4O2/c1-10-8-12(11(2)17(10)3)14(20)9-18-6-7-19-13(15(18)21)4-5-16-19/h4-8H,9H2,1-3H3. The maximum absolute atomic E-state index is 12.4. The zero-order valence-corrected chi connectivity index (χ0v) is 12.2. The van der Waals surface area contributed by atoms with E-state index in [1.54, 1.807) is 24.7 Å². The Kier molecular flexibility index (Phi) is 3.01. The van der Waals surface area contributed by atoms with Gasteiger partial charge in [0.2, 0.25) is 0 Å². The van der Waals surface area contributed by atoms with Crippen molar-refractivity contribution in [1.82, 2.24) is 18.7 Å². The second-order valence-electron chi connectivity index (χ2n) is 5.16. The number of Topliss-reactive ketones (excluding diaryl/α,β-unsaturated/α-hetero) is 1. The minimum Gasteiger partial charge on any atom is -0.351 e. The van der Waals surface area contributed by atoms with Crippen molar-refractivity contribution in [3.63, 3.8) is 0 Å². The summed E-state index contributed by atoms with van der Waals surface area (Å²) in [6.45, 7) is 3.89. The molecular formula is C15H16N4O2. The van der Waals surface area contributed by atoms with Crippen molar-refractivity contribution in [2.24, 2.45) is 7.05 Å². The first-order valence-corrected chi connectivity index (χ1v) is 6.68. The molecule has 3 rings (SSSR count). The second-order valence-corrected chi connectivity index (χ2v) is 5.16. The third-order valence-corrected chi connectivity index (χ3v) is 3.93. The van der Waals surface area contributed by atoms with E-state index >= 15 is 0 Å². The Labute approximate surface area is 121 Å². The van der Waals surface area contributed by atoms with Crippen LogP contribution in [0.4, 0.5) is 0 Å². The van der Waals surface area contributed by atoms with E-state index in [1.165, 1.54) is 9.08 Å². The molecule has 21 heavy (non-hydrogen) atoms. The van der Waals surface area contributed by atoms with Crippen LogP contribution in [0.2, 0.25) is 0 Å². The second kappa shape index (κ2) is 4.73. The van der Waals surface area contributed by atoms with E-state index in [4.69, 9.17) is 0 Å². The van der Waals surface area contributed by atoms with Gasteiger partial charge >= 0.3 is 0 Å². The lowest BCUT2D eigenvalue weighted by Gasteiger charge is -2.06. The van der Waals surface area contributed by atoms with Crippen molar-refractivity contribution in [1.29, 1.82) is 0 Å². The molecule has 0 atom stereocenters. The van der Waals surface area contributed by atoms with Gasteiger partial charge in [0.1, 0.15) is 5.52 Å². The number of carbonyl (C=O) groups excluding carboxylic acids is 1. The number of aromatic nitrogens is 4. The molecule has 0 bridgehead atoms. The highest BCUT2D eigenvalue weighted by atomic mass is 16.1. The number of hydrogen-bond donors (Lipinski definition) is 0. The van der Waals surface area contributed by atoms with Crippen molar-refractivity contribution in [3.05, 3.63) is 58.0 Å². The summed E-state index contributed by atoms with van der Waals surface area (Å²) in [6.07, 6.45) is 4.83. The third kappa shape index (κ3) is 2.08. The predicted molar refractivity (Wildman–Crippen MR) is 78.7 cm³/mol. The lowest BCUT2D eigenvalue weighted by molar-refractivity contribution is 0.0970. The third-order valence-electron chi connectivity index (χ3n) is 3.93. The molecule has 108 valence electrons. The van der Waals surface area contributed by atoms with Gasteiger partial charge in [-0.15, -0.1) is 0 Å². The minimum atomic E-state index is -0.214. The molecule has 3 heterocycles. The Morgan fingerprint density at radius 3 is 2.71 bits per heavy atom. The van der Waals surface area contributed by atoms with Crippen LogP contribution in [-0.2, 0) is 13.6 Å². The SMILES string of the molecule is Cc1cc(C(=O)Cn2ccn3nccc3c2=O)c(C)n1C. The molecule has 0 aliphatic carbocycles. The maximum atomic E-state index is 12.4. The highest BCUT2D eigenvalue weighted by molar-refractivity contribution is 5.97. The highest BCUT2D eigenvalue weighted by Crippen LogP contribution is 2.14. The molecule has 3 aromatic rings. The molecular weight excluding hydrogens is 268 g/mol. The number of aryl methyl sites for hydroxylation is 1. The maximum Gasteiger partial charge on any atom is 0.276 e. The number of fused-ring (bicyclic) bond motifs is 1. The van der Waals surface area contributed by atoms with Gasteiger partial charge in [0, 0.05) is 36.4 Å². The summed E-state index contributed by atoms with van der Waals surface area (Å²) >= 11 is 0. The van der Waals surface area contributed by atoms with E-state index in [0.717, 1.165) is 11.4 Å². The van der Waals surface area contributed by atoms with Crippen LogP contribution in [0.1, 0.15) is 21.7 Å². The van der Waals surface area contributed by atoms with Crippen LogP contribution in [0, 0.1) is 13.8 Å². The normalized spacial score (nSPS) is 11.2. The Bertz CT molecular complexity index is 898. The summed E-state index contributed by atoms with van der Waals surface area (Å²) in [4.78, 5) is 24.7. The fourth-order valence-corrected chi connectivity index (χ4v) is 2.46. The number of carbonyl (C=O) groups is 1. The quantitative estimate of drug-likeness (QED) is 0.682. The Hall–Kier alpha value is -2.63. The highest BCUT2D eigenvalue weighted by Gasteiger charge is 2.15. The fraction of sp³-hybridized carbons (Fsp3) is 0.267. The number of hydrogen-bond acceptors (Lipinski definition) is 3. The van der Waals surface area contributed by atoms with E-state index in [2.05, 4.69) is 5.10 Å². The summed E-state index contributed by atoms with van der Waals surface area (Å²) in [7, 11) is 1.92. The Balaban J connectivity index is 1.98. The lowest BCUT2D eigenvalue weighted by Crippen LogP contribution is -2.25. The molecule has 0 spiro atoms. The van der Waals surface area contributed by atoms with Gasteiger partial charge in [-0.2, -0.15) is 5.10 Å². The van der Waals surface area contributed by atoms with E-state index in [0.29, 0.717) is 11.1 Å². The molecule has 0 unspecified atom stereocenters. The van der Waals surface area contributed by atoms with Crippen LogP contribution < -0.4 is 5.56 Å². The number of rotatable bonds is 3. The largest absolute Gasteiger partial charge is 0.351 e. The molecule has 0 amide bonds. The van der Waals surface area contributed by atoms with Crippen LogP contribution in [0.3, 0.4) is 0 Å². The minimum absolute atomic E-state index is 0.0325. The van der Waals surface area contributed by atoms with Crippen LogP contribution >= 0.6 is 0 Å². The molecule has 0 N–H and O–H groups in total. The average molecular weight is 284 g/mol. The summed E-state index contributed by atoms with van der Waals surface area (Å²) in [5.41, 5.74) is 2.85. The van der Waals surface area contributed by atoms with Gasteiger partial charge in [-0.05, 0) is 26.0 Å². The molecule has 6 heteroatoms. The first kappa shape index (κ1) is 13.4. The van der Waals surface area contributed by atoms with Gasteiger partial charge in [0.05, 0.1) is 12.7 Å². The van der Waals surface area contributed by atoms with Crippen LogP contribution in [0.5, 0.6) is 0 Å². The molecule has 0 radical (unpaired) electrons. The zero-order chi connectivity index (χ0) is 15.1. The van der Waals surface area contributed by atoms with Gasteiger partial charge in [-0.3, -0.25) is 9.59 Å². The van der Waals surface area contributed by atoms with Gasteiger partial charge in [0.15, 0.2) is 5.78 Å². The van der Waals surface area contributed by atoms with Crippen molar-refractivity contribution in [3.8, 4) is 0 Å². The van der Waals surface area contributed by atoms with E-state index in [1.807, 2.05) is 31.5 Å². The van der Waals surface area contributed by atoms with Gasteiger partial charge in [-0.1, -0.05) is 0 Å². The predicted octanol–water partition coefficient (Wildman–Crippen LogP) is 1.33. The molecule has 3 aromatic heterocycles. The monoisotopic (exact) mass is 284 g/mol. The topological polar surface area (TPSA) is 61.3 Å². The van der Waals surface area contributed by atoms with Crippen LogP contribution in [0.25, 0.3) is 5.52 Å². The zero-order valence-electron chi connectivity index (χ0n) is 12.2. The van der Waals surface area contributed by atoms with Crippen molar-refractivity contribution in [2.45, 2.75) is 20.4 Å². The van der Waals surface area contributed by atoms with Crippen molar-refractivity contribution in [2.75, 3.05) is 0 Å². The van der Waals surface area contributed by atoms with Gasteiger partial charge < -0.3 is 9.13 Å². The molecule has 0 aliphatic rings. The number of nitrogens with zero attached hydrogens (tertiary/aromatic N) is 4. The van der Waals surface area contributed by atoms with Gasteiger partial charge in [-0.25, -0.2) is 4.52 Å². The van der Waals surface area contributed by atoms with E-state index < -0.39 is 0 Å². The molecule has 0 saturated heterocycles. The smallest absolute Gasteiger partial charge is 0.276 e. The molecule has 0 saturated carbocycles. The Morgan fingerprint density at radius 1 is 1.29 bits per heavy atom. The summed E-state index contributed by atoms with van der Waals surface area (Å²) in [6, 6.07) is 3.50. The van der Waals surface area contributed by atoms with Crippen molar-refractivity contribution >= 4 is 11.3 Å². The molecule has 0 aliphatic heterocycles. The first-order chi connectivity index (χ1) is 9.99. The summed E-state index contributed by atoms with van der Waals surface area (Å²) < 4.78 is 4.89. The molecule has 6 nitrogen and oxygen atoms in total. The lowest BCUT2D eigenvalue weighted by atomic mass is 10.1. The van der Waals surface area contributed by atoms with Crippen LogP contribution in [0.15, 0.2) is 35.5 Å². The molecule has 0 fully saturated rings.